The average molecular weight is 271 g/mol. The maximum absolute atomic E-state index is 3.71. The van der Waals surface area contributed by atoms with Crippen molar-refractivity contribution in [3.05, 3.63) is 40.8 Å². The molecular weight excluding hydrogens is 250 g/mol. The van der Waals surface area contributed by atoms with Crippen LogP contribution in [0.5, 0.6) is 0 Å². The first-order chi connectivity index (χ1) is 9.24. The van der Waals surface area contributed by atoms with Crippen molar-refractivity contribution in [1.29, 1.82) is 0 Å². The van der Waals surface area contributed by atoms with Gasteiger partial charge in [0.2, 0.25) is 0 Å². The third-order valence-corrected chi connectivity index (χ3v) is 6.24. The Morgan fingerprint density at radius 3 is 3.05 bits per heavy atom. The van der Waals surface area contributed by atoms with E-state index in [9.17, 15) is 0 Å². The number of benzene rings is 1. The summed E-state index contributed by atoms with van der Waals surface area (Å²) in [5.74, 6) is 2.27. The summed E-state index contributed by atoms with van der Waals surface area (Å²) in [6.45, 7) is 4.73. The highest BCUT2D eigenvalue weighted by molar-refractivity contribution is 8.03. The molecule has 1 aromatic carbocycles. The Labute approximate surface area is 119 Å². The fraction of sp³-hybridized carbons (Fsp3) is 0.529. The third-order valence-electron chi connectivity index (χ3n) is 5.07. The van der Waals surface area contributed by atoms with Gasteiger partial charge in [0, 0.05) is 17.0 Å². The lowest BCUT2D eigenvalue weighted by Crippen LogP contribution is -2.15. The quantitative estimate of drug-likeness (QED) is 0.812. The summed E-state index contributed by atoms with van der Waals surface area (Å²) in [7, 11) is 0. The number of para-hydroxylation sites is 1. The summed E-state index contributed by atoms with van der Waals surface area (Å²) >= 11 is 2.05. The molecule has 0 aromatic heterocycles. The van der Waals surface area contributed by atoms with Gasteiger partial charge in [-0.1, -0.05) is 31.2 Å². The average Bonchev–Trinajstić information content (AvgIpc) is 3.01. The molecule has 0 amide bonds. The van der Waals surface area contributed by atoms with Crippen LogP contribution in [-0.2, 0) is 6.42 Å². The SMILES string of the molecule is CC1Cc2cccc(C3C(C)CC4SC=CC43)c2N1. The van der Waals surface area contributed by atoms with Gasteiger partial charge in [0.25, 0.3) is 0 Å². The molecule has 0 saturated heterocycles. The van der Waals surface area contributed by atoms with Gasteiger partial charge in [-0.15, -0.1) is 11.8 Å². The van der Waals surface area contributed by atoms with E-state index >= 15 is 0 Å². The second kappa shape index (κ2) is 4.31. The summed E-state index contributed by atoms with van der Waals surface area (Å²) < 4.78 is 0. The zero-order valence-electron chi connectivity index (χ0n) is 11.6. The van der Waals surface area contributed by atoms with Gasteiger partial charge in [-0.05, 0) is 54.1 Å². The molecule has 1 fully saturated rings. The van der Waals surface area contributed by atoms with Gasteiger partial charge in [-0.25, -0.2) is 0 Å². The number of rotatable bonds is 1. The molecule has 2 heterocycles. The number of hydrogen-bond acceptors (Lipinski definition) is 2. The van der Waals surface area contributed by atoms with Crippen LogP contribution < -0.4 is 5.32 Å². The van der Waals surface area contributed by atoms with E-state index in [1.54, 1.807) is 5.56 Å². The van der Waals surface area contributed by atoms with E-state index in [1.807, 2.05) is 11.8 Å². The van der Waals surface area contributed by atoms with Crippen molar-refractivity contribution in [2.24, 2.45) is 11.8 Å². The van der Waals surface area contributed by atoms with Crippen LogP contribution >= 0.6 is 11.8 Å². The normalized spacial score (nSPS) is 39.2. The topological polar surface area (TPSA) is 12.0 Å². The molecule has 100 valence electrons. The zero-order valence-corrected chi connectivity index (χ0v) is 12.4. The summed E-state index contributed by atoms with van der Waals surface area (Å²) in [4.78, 5) is 0. The van der Waals surface area contributed by atoms with Crippen molar-refractivity contribution in [2.75, 3.05) is 5.32 Å². The van der Waals surface area contributed by atoms with Crippen molar-refractivity contribution in [2.45, 2.75) is 43.9 Å². The van der Waals surface area contributed by atoms with Gasteiger partial charge < -0.3 is 5.32 Å². The second-order valence-corrected chi connectivity index (χ2v) is 7.60. The minimum absolute atomic E-state index is 0.595. The smallest absolute Gasteiger partial charge is 0.0411 e. The van der Waals surface area contributed by atoms with E-state index < -0.39 is 0 Å². The van der Waals surface area contributed by atoms with Gasteiger partial charge in [0.05, 0.1) is 0 Å². The Bertz CT molecular complexity index is 536. The standard InChI is InChI=1S/C17H21NS/c1-10-8-15-13(6-7-19-15)16(10)14-5-3-4-12-9-11(2)18-17(12)14/h3-7,10-11,13,15-16,18H,8-9H2,1-2H3. The molecule has 4 rings (SSSR count). The summed E-state index contributed by atoms with van der Waals surface area (Å²) in [5.41, 5.74) is 4.56. The number of hydrogen-bond donors (Lipinski definition) is 1. The first-order valence-electron chi connectivity index (χ1n) is 7.44. The Balaban J connectivity index is 1.77. The van der Waals surface area contributed by atoms with Crippen molar-refractivity contribution < 1.29 is 0 Å². The monoisotopic (exact) mass is 271 g/mol. The van der Waals surface area contributed by atoms with E-state index in [0.717, 1.165) is 17.1 Å². The highest BCUT2D eigenvalue weighted by Gasteiger charge is 2.43. The first kappa shape index (κ1) is 11.9. The second-order valence-electron chi connectivity index (χ2n) is 6.45. The van der Waals surface area contributed by atoms with Crippen molar-refractivity contribution in [1.82, 2.24) is 0 Å². The lowest BCUT2D eigenvalue weighted by Gasteiger charge is -2.24. The molecular formula is C17H21NS. The van der Waals surface area contributed by atoms with Crippen LogP contribution in [0.15, 0.2) is 29.7 Å². The van der Waals surface area contributed by atoms with Crippen LogP contribution in [0.3, 0.4) is 0 Å². The number of anilines is 1. The molecule has 5 atom stereocenters. The Morgan fingerprint density at radius 2 is 2.16 bits per heavy atom. The Hall–Kier alpha value is -0.890. The van der Waals surface area contributed by atoms with Gasteiger partial charge >= 0.3 is 0 Å². The van der Waals surface area contributed by atoms with Gasteiger partial charge in [-0.2, -0.15) is 0 Å². The molecule has 2 heteroatoms. The number of fused-ring (bicyclic) bond motifs is 2. The predicted octanol–water partition coefficient (Wildman–Crippen LogP) is 4.41. The van der Waals surface area contributed by atoms with E-state index in [1.165, 1.54) is 24.1 Å². The molecule has 1 saturated carbocycles. The molecule has 5 unspecified atom stereocenters. The van der Waals surface area contributed by atoms with Crippen molar-refractivity contribution >= 4 is 17.4 Å². The molecule has 0 bridgehead atoms. The lowest BCUT2D eigenvalue weighted by atomic mass is 9.82. The minimum atomic E-state index is 0.595. The molecule has 1 N–H and O–H groups in total. The maximum Gasteiger partial charge on any atom is 0.0411 e. The molecule has 0 radical (unpaired) electrons. The molecule has 0 spiro atoms. The predicted molar refractivity (Wildman–Crippen MR) is 83.8 cm³/mol. The third kappa shape index (κ3) is 1.76. The molecule has 2 aliphatic heterocycles. The van der Waals surface area contributed by atoms with E-state index in [2.05, 4.69) is 48.8 Å². The van der Waals surface area contributed by atoms with E-state index in [0.29, 0.717) is 12.0 Å². The Morgan fingerprint density at radius 1 is 1.26 bits per heavy atom. The molecule has 1 aliphatic carbocycles. The van der Waals surface area contributed by atoms with Crippen molar-refractivity contribution in [3.63, 3.8) is 0 Å². The van der Waals surface area contributed by atoms with E-state index in [-0.39, 0.29) is 0 Å². The molecule has 1 aromatic rings. The zero-order chi connectivity index (χ0) is 13.0. The van der Waals surface area contributed by atoms with Crippen LogP contribution in [-0.4, -0.2) is 11.3 Å². The van der Waals surface area contributed by atoms with Crippen molar-refractivity contribution in [3.8, 4) is 0 Å². The summed E-state index contributed by atoms with van der Waals surface area (Å²) in [6.07, 6.45) is 5.01. The maximum atomic E-state index is 3.71. The van der Waals surface area contributed by atoms with Gasteiger partial charge in [0.15, 0.2) is 0 Å². The number of allylic oxidation sites excluding steroid dienone is 1. The number of thioether (sulfide) groups is 1. The molecule has 3 aliphatic rings. The van der Waals surface area contributed by atoms with E-state index in [4.69, 9.17) is 0 Å². The van der Waals surface area contributed by atoms with Crippen LogP contribution in [0.1, 0.15) is 37.3 Å². The molecule has 1 nitrogen and oxygen atoms in total. The number of nitrogens with one attached hydrogen (secondary N) is 1. The van der Waals surface area contributed by atoms with Gasteiger partial charge in [-0.3, -0.25) is 0 Å². The van der Waals surface area contributed by atoms with Gasteiger partial charge in [0.1, 0.15) is 0 Å². The first-order valence-corrected chi connectivity index (χ1v) is 8.39. The fourth-order valence-corrected chi connectivity index (χ4v) is 5.62. The largest absolute Gasteiger partial charge is 0.382 e. The fourth-order valence-electron chi connectivity index (χ4n) is 4.29. The lowest BCUT2D eigenvalue weighted by molar-refractivity contribution is 0.491. The Kier molecular flexibility index (Phi) is 2.70. The summed E-state index contributed by atoms with van der Waals surface area (Å²) in [5, 5.41) is 6.87. The minimum Gasteiger partial charge on any atom is -0.382 e. The highest BCUT2D eigenvalue weighted by atomic mass is 32.2. The molecule has 19 heavy (non-hydrogen) atoms. The summed E-state index contributed by atoms with van der Waals surface area (Å²) in [6, 6.07) is 7.52. The van der Waals surface area contributed by atoms with Crippen LogP contribution in [0.25, 0.3) is 0 Å². The van der Waals surface area contributed by atoms with Crippen LogP contribution in [0.2, 0.25) is 0 Å². The van der Waals surface area contributed by atoms with Crippen LogP contribution in [0.4, 0.5) is 5.69 Å². The highest BCUT2D eigenvalue weighted by Crippen LogP contribution is 2.54. The van der Waals surface area contributed by atoms with Crippen LogP contribution in [0, 0.1) is 11.8 Å².